The monoisotopic (exact) mass is 405 g/mol. The molecule has 2 fully saturated rings. The minimum Gasteiger partial charge on any atom is -0.370 e. The van der Waals surface area contributed by atoms with Gasteiger partial charge in [0, 0.05) is 23.5 Å². The van der Waals surface area contributed by atoms with Gasteiger partial charge in [0.15, 0.2) is 5.96 Å². The van der Waals surface area contributed by atoms with E-state index in [0.29, 0.717) is 17.9 Å². The number of nitrogens with zero attached hydrogens (tertiary/aromatic N) is 1. The van der Waals surface area contributed by atoms with Crippen molar-refractivity contribution in [3.05, 3.63) is 34.9 Å². The van der Waals surface area contributed by atoms with E-state index in [1.807, 2.05) is 18.2 Å². The van der Waals surface area contributed by atoms with Crippen LogP contribution in [0.1, 0.15) is 37.2 Å². The van der Waals surface area contributed by atoms with E-state index in [9.17, 15) is 0 Å². The van der Waals surface area contributed by atoms with E-state index < -0.39 is 0 Å². The van der Waals surface area contributed by atoms with E-state index in [0.717, 1.165) is 23.9 Å². The van der Waals surface area contributed by atoms with Gasteiger partial charge in [0.05, 0.1) is 0 Å². The van der Waals surface area contributed by atoms with E-state index in [-0.39, 0.29) is 24.0 Å². The minimum atomic E-state index is 0. The number of nitrogens with two attached hydrogens (primary N) is 1. The smallest absolute Gasteiger partial charge is 0.188 e. The summed E-state index contributed by atoms with van der Waals surface area (Å²) < 4.78 is 0. The number of nitrogens with one attached hydrogen (secondary N) is 1. The average molecular weight is 406 g/mol. The molecule has 2 saturated carbocycles. The van der Waals surface area contributed by atoms with Gasteiger partial charge in [-0.05, 0) is 42.9 Å². The summed E-state index contributed by atoms with van der Waals surface area (Å²) in [4.78, 5) is 4.43. The van der Waals surface area contributed by atoms with Gasteiger partial charge in [-0.3, -0.25) is 4.99 Å². The highest BCUT2D eigenvalue weighted by Gasteiger charge is 2.38. The van der Waals surface area contributed by atoms with Gasteiger partial charge in [0.1, 0.15) is 0 Å². The lowest BCUT2D eigenvalue weighted by Gasteiger charge is -2.23. The maximum atomic E-state index is 6.01. The molecule has 2 aliphatic rings. The average Bonchev–Trinajstić information content (AvgIpc) is 3.06. The lowest BCUT2D eigenvalue weighted by atomic mass is 9.86. The van der Waals surface area contributed by atoms with Gasteiger partial charge in [0.2, 0.25) is 0 Å². The van der Waals surface area contributed by atoms with Crippen LogP contribution in [-0.2, 0) is 0 Å². The Morgan fingerprint density at radius 2 is 2.20 bits per heavy atom. The zero-order chi connectivity index (χ0) is 13.2. The van der Waals surface area contributed by atoms with E-state index in [1.165, 1.54) is 24.8 Å². The third-order valence-electron chi connectivity index (χ3n) is 4.15. The number of hydrogen-bond acceptors (Lipinski definition) is 1. The second kappa shape index (κ2) is 6.98. The predicted octanol–water partition coefficient (Wildman–Crippen LogP) is 3.52. The summed E-state index contributed by atoms with van der Waals surface area (Å²) in [6.45, 7) is 0.882. The Bertz CT molecular complexity index is 488. The Hall–Kier alpha value is -0.490. The lowest BCUT2D eigenvalue weighted by Crippen LogP contribution is -2.35. The summed E-state index contributed by atoms with van der Waals surface area (Å²) >= 11 is 6.01. The molecule has 0 bridgehead atoms. The number of rotatable bonds is 4. The zero-order valence-corrected chi connectivity index (χ0v) is 14.5. The SMILES string of the molecule is I.NC(=NCC1CCC1)N[C@@H]1C[C@H]1c1cccc(Cl)c1. The van der Waals surface area contributed by atoms with Crippen LogP contribution in [0.25, 0.3) is 0 Å². The van der Waals surface area contributed by atoms with Crippen molar-refractivity contribution in [3.63, 3.8) is 0 Å². The van der Waals surface area contributed by atoms with Gasteiger partial charge in [0.25, 0.3) is 0 Å². The van der Waals surface area contributed by atoms with E-state index in [4.69, 9.17) is 17.3 Å². The molecule has 0 unspecified atom stereocenters. The molecule has 1 aromatic rings. The van der Waals surface area contributed by atoms with Gasteiger partial charge in [-0.25, -0.2) is 0 Å². The largest absolute Gasteiger partial charge is 0.370 e. The second-order valence-corrected chi connectivity index (χ2v) is 6.11. The fourth-order valence-corrected chi connectivity index (χ4v) is 2.80. The van der Waals surface area contributed by atoms with Crippen molar-refractivity contribution in [1.82, 2.24) is 5.32 Å². The highest BCUT2D eigenvalue weighted by molar-refractivity contribution is 14.0. The maximum absolute atomic E-state index is 6.01. The molecule has 2 aliphatic carbocycles. The lowest BCUT2D eigenvalue weighted by molar-refractivity contribution is 0.326. The molecule has 0 saturated heterocycles. The van der Waals surface area contributed by atoms with E-state index >= 15 is 0 Å². The number of halogens is 2. The Morgan fingerprint density at radius 1 is 1.40 bits per heavy atom. The normalized spacial score (nSPS) is 25.6. The minimum absolute atomic E-state index is 0. The molecule has 3 N–H and O–H groups in total. The number of hydrogen-bond donors (Lipinski definition) is 2. The predicted molar refractivity (Wildman–Crippen MR) is 95.0 cm³/mol. The Balaban J connectivity index is 0.00000147. The molecule has 2 atom stereocenters. The fourth-order valence-electron chi connectivity index (χ4n) is 2.60. The first kappa shape index (κ1) is 15.9. The molecule has 0 aromatic heterocycles. The quantitative estimate of drug-likeness (QED) is 0.457. The molecular weight excluding hydrogens is 385 g/mol. The summed E-state index contributed by atoms with van der Waals surface area (Å²) in [6, 6.07) is 8.49. The topological polar surface area (TPSA) is 50.4 Å². The van der Waals surface area contributed by atoms with E-state index in [2.05, 4.69) is 16.4 Å². The van der Waals surface area contributed by atoms with Crippen LogP contribution in [0.4, 0.5) is 0 Å². The van der Waals surface area contributed by atoms with Gasteiger partial charge < -0.3 is 11.1 Å². The number of benzene rings is 1. The fraction of sp³-hybridized carbons (Fsp3) is 0.533. The van der Waals surface area contributed by atoms with Crippen LogP contribution in [-0.4, -0.2) is 18.5 Å². The molecule has 5 heteroatoms. The van der Waals surface area contributed by atoms with Crippen LogP contribution in [0.2, 0.25) is 5.02 Å². The molecule has 0 heterocycles. The molecule has 0 spiro atoms. The summed E-state index contributed by atoms with van der Waals surface area (Å²) in [5.41, 5.74) is 7.21. The van der Waals surface area contributed by atoms with Crippen molar-refractivity contribution in [2.24, 2.45) is 16.6 Å². The van der Waals surface area contributed by atoms with Crippen LogP contribution in [0.5, 0.6) is 0 Å². The van der Waals surface area contributed by atoms with Crippen LogP contribution in [0.3, 0.4) is 0 Å². The first-order chi connectivity index (χ1) is 9.22. The molecule has 1 aromatic carbocycles. The van der Waals surface area contributed by atoms with Gasteiger partial charge in [-0.15, -0.1) is 24.0 Å². The van der Waals surface area contributed by atoms with Crippen molar-refractivity contribution in [1.29, 1.82) is 0 Å². The standard InChI is InChI=1S/C15H20ClN3.HI/c16-12-6-2-5-11(7-12)13-8-14(13)19-15(17)18-9-10-3-1-4-10;/h2,5-7,10,13-14H,1,3-4,8-9H2,(H3,17,18,19);1H/t13-,14+;/m0./s1. The Morgan fingerprint density at radius 3 is 2.85 bits per heavy atom. The molecule has 3 nitrogen and oxygen atoms in total. The third-order valence-corrected chi connectivity index (χ3v) is 4.38. The van der Waals surface area contributed by atoms with Crippen molar-refractivity contribution < 1.29 is 0 Å². The van der Waals surface area contributed by atoms with Gasteiger partial charge in [-0.2, -0.15) is 0 Å². The third kappa shape index (κ3) is 4.01. The molecule has 110 valence electrons. The molecule has 3 rings (SSSR count). The van der Waals surface area contributed by atoms with Crippen molar-refractivity contribution in [2.75, 3.05) is 6.54 Å². The summed E-state index contributed by atoms with van der Waals surface area (Å²) in [5, 5.41) is 4.11. The molecule has 0 amide bonds. The zero-order valence-electron chi connectivity index (χ0n) is 11.4. The van der Waals surface area contributed by atoms with Crippen molar-refractivity contribution in [2.45, 2.75) is 37.6 Å². The first-order valence-corrected chi connectivity index (χ1v) is 7.42. The van der Waals surface area contributed by atoms with Gasteiger partial charge in [-0.1, -0.05) is 30.2 Å². The second-order valence-electron chi connectivity index (χ2n) is 5.67. The van der Waals surface area contributed by atoms with Crippen LogP contribution >= 0.6 is 35.6 Å². The van der Waals surface area contributed by atoms with Crippen LogP contribution < -0.4 is 11.1 Å². The first-order valence-electron chi connectivity index (χ1n) is 7.04. The van der Waals surface area contributed by atoms with Gasteiger partial charge >= 0.3 is 0 Å². The number of guanidine groups is 1. The number of aliphatic imine (C=N–C) groups is 1. The van der Waals surface area contributed by atoms with Crippen LogP contribution in [0, 0.1) is 5.92 Å². The maximum Gasteiger partial charge on any atom is 0.188 e. The highest BCUT2D eigenvalue weighted by Crippen LogP contribution is 2.41. The van der Waals surface area contributed by atoms with Crippen molar-refractivity contribution >= 4 is 41.5 Å². The molecule has 20 heavy (non-hydrogen) atoms. The van der Waals surface area contributed by atoms with E-state index in [1.54, 1.807) is 0 Å². The summed E-state index contributed by atoms with van der Waals surface area (Å²) in [5.74, 6) is 1.89. The highest BCUT2D eigenvalue weighted by atomic mass is 127. The van der Waals surface area contributed by atoms with Crippen molar-refractivity contribution in [3.8, 4) is 0 Å². The molecule has 0 aliphatic heterocycles. The van der Waals surface area contributed by atoms with Crippen LogP contribution in [0.15, 0.2) is 29.3 Å². The Labute approximate surface area is 142 Å². The Kier molecular flexibility index (Phi) is 5.55. The molecule has 0 radical (unpaired) electrons. The summed E-state index contributed by atoms with van der Waals surface area (Å²) in [6.07, 6.45) is 5.09. The molecular formula is C15H21ClIN3. The summed E-state index contributed by atoms with van der Waals surface area (Å²) in [7, 11) is 0.